The molecule has 0 aliphatic heterocycles. The summed E-state index contributed by atoms with van der Waals surface area (Å²) in [6.07, 6.45) is 2.19. The number of nitrogen functional groups attached to an aromatic ring is 1. The third-order valence-corrected chi connectivity index (χ3v) is 4.64. The number of nitrogens with one attached hydrogen (secondary N) is 1. The van der Waals surface area contributed by atoms with Crippen molar-refractivity contribution in [1.82, 2.24) is 14.2 Å². The first kappa shape index (κ1) is 16.8. The van der Waals surface area contributed by atoms with Gasteiger partial charge in [0.25, 0.3) is 10.0 Å². The molecule has 0 aromatic carbocycles. The van der Waals surface area contributed by atoms with Crippen molar-refractivity contribution in [3.8, 4) is 0 Å². The van der Waals surface area contributed by atoms with Crippen LogP contribution in [0.25, 0.3) is 0 Å². The number of pyridine rings is 1. The number of hydrogen-bond donors (Lipinski definition) is 2. The lowest BCUT2D eigenvalue weighted by atomic mass is 10.4. The molecule has 1 heterocycles. The van der Waals surface area contributed by atoms with Crippen LogP contribution in [0.1, 0.15) is 13.3 Å². The van der Waals surface area contributed by atoms with Gasteiger partial charge in [-0.2, -0.15) is 4.31 Å². The second-order valence-electron chi connectivity index (χ2n) is 4.71. The highest BCUT2D eigenvalue weighted by Gasteiger charge is 2.27. The first-order chi connectivity index (χ1) is 9.43. The average Bonchev–Trinajstić information content (AvgIpc) is 2.42. The lowest BCUT2D eigenvalue weighted by Crippen LogP contribution is -2.38. The summed E-state index contributed by atoms with van der Waals surface area (Å²) in [4.78, 5) is 5.91. The highest BCUT2D eigenvalue weighted by molar-refractivity contribution is 7.89. The molecule has 0 unspecified atom stereocenters. The van der Waals surface area contributed by atoms with E-state index in [1.54, 1.807) is 12.1 Å². The van der Waals surface area contributed by atoms with Crippen LogP contribution >= 0.6 is 0 Å². The summed E-state index contributed by atoms with van der Waals surface area (Å²) in [6.45, 7) is 3.47. The molecule has 7 nitrogen and oxygen atoms in total. The Kier molecular flexibility index (Phi) is 6.34. The topological polar surface area (TPSA) is 91.6 Å². The van der Waals surface area contributed by atoms with Gasteiger partial charge in [-0.3, -0.25) is 5.84 Å². The summed E-state index contributed by atoms with van der Waals surface area (Å²) in [7, 11) is 0.166. The Bertz CT molecular complexity index is 518. The van der Waals surface area contributed by atoms with Gasteiger partial charge in [0, 0.05) is 25.8 Å². The number of rotatable bonds is 8. The molecule has 1 aromatic heterocycles. The SMILES string of the molecule is CCCN(CCN(C)C)S(=O)(=O)c1ncccc1NN. The lowest BCUT2D eigenvalue weighted by Gasteiger charge is -2.23. The van der Waals surface area contributed by atoms with E-state index in [1.165, 1.54) is 10.5 Å². The minimum Gasteiger partial charge on any atom is -0.321 e. The molecular formula is C12H23N5O2S. The summed E-state index contributed by atoms with van der Waals surface area (Å²) in [5.74, 6) is 5.36. The van der Waals surface area contributed by atoms with Crippen molar-refractivity contribution in [2.24, 2.45) is 5.84 Å². The molecule has 0 aliphatic rings. The molecule has 0 atom stereocenters. The molecule has 8 heteroatoms. The first-order valence-electron chi connectivity index (χ1n) is 6.50. The molecular weight excluding hydrogens is 278 g/mol. The fourth-order valence-electron chi connectivity index (χ4n) is 1.74. The van der Waals surface area contributed by atoms with Crippen molar-refractivity contribution in [2.45, 2.75) is 18.4 Å². The number of hydrogen-bond acceptors (Lipinski definition) is 6. The smallest absolute Gasteiger partial charge is 0.262 e. The number of aromatic nitrogens is 1. The second kappa shape index (κ2) is 7.53. The average molecular weight is 301 g/mol. The van der Waals surface area contributed by atoms with Crippen molar-refractivity contribution in [2.75, 3.05) is 39.2 Å². The van der Waals surface area contributed by atoms with Crippen LogP contribution in [0, 0.1) is 0 Å². The molecule has 3 N–H and O–H groups in total. The highest BCUT2D eigenvalue weighted by Crippen LogP contribution is 2.21. The van der Waals surface area contributed by atoms with Gasteiger partial charge in [-0.25, -0.2) is 13.4 Å². The number of sulfonamides is 1. The molecule has 0 aliphatic carbocycles. The van der Waals surface area contributed by atoms with Gasteiger partial charge in [0.1, 0.15) is 0 Å². The van der Waals surface area contributed by atoms with Crippen LogP contribution < -0.4 is 11.3 Å². The predicted octanol–water partition coefficient (Wildman–Crippen LogP) is 0.330. The van der Waals surface area contributed by atoms with E-state index in [1.807, 2.05) is 25.9 Å². The van der Waals surface area contributed by atoms with Gasteiger partial charge in [0.05, 0.1) is 5.69 Å². The maximum absolute atomic E-state index is 12.7. The van der Waals surface area contributed by atoms with Gasteiger partial charge in [-0.05, 0) is 32.6 Å². The maximum atomic E-state index is 12.7. The zero-order valence-corrected chi connectivity index (χ0v) is 13.0. The van der Waals surface area contributed by atoms with E-state index in [2.05, 4.69) is 10.4 Å². The van der Waals surface area contributed by atoms with Gasteiger partial charge in [0.15, 0.2) is 5.03 Å². The third kappa shape index (κ3) is 4.14. The molecule has 1 aromatic rings. The van der Waals surface area contributed by atoms with Crippen LogP contribution in [-0.4, -0.2) is 56.3 Å². The fraction of sp³-hybridized carbons (Fsp3) is 0.583. The Morgan fingerprint density at radius 3 is 2.55 bits per heavy atom. The molecule has 0 fully saturated rings. The zero-order valence-electron chi connectivity index (χ0n) is 12.2. The van der Waals surface area contributed by atoms with Crippen LogP contribution in [0.2, 0.25) is 0 Å². The Hall–Kier alpha value is -1.22. The van der Waals surface area contributed by atoms with E-state index >= 15 is 0 Å². The maximum Gasteiger partial charge on any atom is 0.262 e. The second-order valence-corrected chi connectivity index (χ2v) is 6.56. The van der Waals surface area contributed by atoms with Crippen molar-refractivity contribution in [3.63, 3.8) is 0 Å². The van der Waals surface area contributed by atoms with Gasteiger partial charge >= 0.3 is 0 Å². The van der Waals surface area contributed by atoms with Crippen LogP contribution in [0.3, 0.4) is 0 Å². The van der Waals surface area contributed by atoms with Gasteiger partial charge in [-0.1, -0.05) is 6.92 Å². The molecule has 0 radical (unpaired) electrons. The summed E-state index contributed by atoms with van der Waals surface area (Å²) in [5, 5.41) is -0.0327. The molecule has 0 amide bonds. The minimum atomic E-state index is -3.65. The van der Waals surface area contributed by atoms with Crippen LogP contribution in [-0.2, 0) is 10.0 Å². The molecule has 114 valence electrons. The Labute approximate surface area is 120 Å². The highest BCUT2D eigenvalue weighted by atomic mass is 32.2. The summed E-state index contributed by atoms with van der Waals surface area (Å²) >= 11 is 0. The van der Waals surface area contributed by atoms with Crippen LogP contribution in [0.4, 0.5) is 5.69 Å². The molecule has 20 heavy (non-hydrogen) atoms. The number of anilines is 1. The van der Waals surface area contributed by atoms with E-state index < -0.39 is 10.0 Å². The van der Waals surface area contributed by atoms with Gasteiger partial charge in [-0.15, -0.1) is 0 Å². The van der Waals surface area contributed by atoms with E-state index in [0.29, 0.717) is 25.3 Å². The first-order valence-corrected chi connectivity index (χ1v) is 7.94. The monoisotopic (exact) mass is 301 g/mol. The van der Waals surface area contributed by atoms with Gasteiger partial charge < -0.3 is 10.3 Å². The van der Waals surface area contributed by atoms with Crippen molar-refractivity contribution in [1.29, 1.82) is 0 Å². The van der Waals surface area contributed by atoms with Crippen molar-refractivity contribution < 1.29 is 8.42 Å². The summed E-state index contributed by atoms with van der Waals surface area (Å²) in [5.41, 5.74) is 2.69. The molecule has 0 bridgehead atoms. The van der Waals surface area contributed by atoms with E-state index in [0.717, 1.165) is 6.42 Å². The van der Waals surface area contributed by atoms with E-state index in [4.69, 9.17) is 5.84 Å². The Balaban J connectivity index is 3.09. The Morgan fingerprint density at radius 1 is 1.30 bits per heavy atom. The van der Waals surface area contributed by atoms with Crippen LogP contribution in [0.15, 0.2) is 23.4 Å². The number of nitrogens with zero attached hydrogens (tertiary/aromatic N) is 3. The van der Waals surface area contributed by atoms with Crippen LogP contribution in [0.5, 0.6) is 0 Å². The number of likely N-dealkylation sites (N-methyl/N-ethyl adjacent to an activating group) is 1. The van der Waals surface area contributed by atoms with Crippen molar-refractivity contribution >= 4 is 15.7 Å². The molecule has 0 saturated heterocycles. The fourth-order valence-corrected chi connectivity index (χ4v) is 3.33. The summed E-state index contributed by atoms with van der Waals surface area (Å²) < 4.78 is 26.8. The normalized spacial score (nSPS) is 12.1. The largest absolute Gasteiger partial charge is 0.321 e. The molecule has 0 spiro atoms. The lowest BCUT2D eigenvalue weighted by molar-refractivity contribution is 0.332. The van der Waals surface area contributed by atoms with E-state index in [9.17, 15) is 8.42 Å². The standard InChI is InChI=1S/C12H23N5O2S/c1-4-8-17(10-9-16(2)3)20(18,19)12-11(15-13)6-5-7-14-12/h5-7,15H,4,8-10,13H2,1-3H3. The minimum absolute atomic E-state index is 0.0327. The van der Waals surface area contributed by atoms with Gasteiger partial charge in [0.2, 0.25) is 0 Å². The third-order valence-electron chi connectivity index (χ3n) is 2.78. The molecule has 1 rings (SSSR count). The Morgan fingerprint density at radius 2 is 2.00 bits per heavy atom. The number of nitrogens with two attached hydrogens (primary N) is 1. The number of hydrazine groups is 1. The quantitative estimate of drug-likeness (QED) is 0.531. The van der Waals surface area contributed by atoms with Crippen molar-refractivity contribution in [3.05, 3.63) is 18.3 Å². The summed E-state index contributed by atoms with van der Waals surface area (Å²) in [6, 6.07) is 3.23. The van der Waals surface area contributed by atoms with E-state index in [-0.39, 0.29) is 5.03 Å². The predicted molar refractivity (Wildman–Crippen MR) is 79.7 cm³/mol. The molecule has 0 saturated carbocycles. The zero-order chi connectivity index (χ0) is 15.2.